The lowest BCUT2D eigenvalue weighted by molar-refractivity contribution is 0.123. The highest BCUT2D eigenvalue weighted by molar-refractivity contribution is 7.17. The summed E-state index contributed by atoms with van der Waals surface area (Å²) in [4.78, 5) is 0. The molecule has 1 aliphatic carbocycles. The van der Waals surface area contributed by atoms with Crippen molar-refractivity contribution >= 4 is 21.4 Å². The third-order valence-electron chi connectivity index (χ3n) is 3.65. The molecule has 0 amide bonds. The molecule has 0 aliphatic heterocycles. The second-order valence-corrected chi connectivity index (χ2v) is 5.60. The number of thiophene rings is 1. The van der Waals surface area contributed by atoms with Crippen molar-refractivity contribution in [2.75, 3.05) is 0 Å². The highest BCUT2D eigenvalue weighted by Crippen LogP contribution is 2.39. The van der Waals surface area contributed by atoms with Crippen LogP contribution in [0.3, 0.4) is 0 Å². The van der Waals surface area contributed by atoms with E-state index in [2.05, 4.69) is 29.6 Å². The van der Waals surface area contributed by atoms with Gasteiger partial charge < -0.3 is 5.11 Å². The summed E-state index contributed by atoms with van der Waals surface area (Å²) in [5, 5.41) is 13.3. The fourth-order valence-electron chi connectivity index (χ4n) is 2.70. The summed E-state index contributed by atoms with van der Waals surface area (Å²) in [6, 6.07) is 8.65. The monoisotopic (exact) mass is 232 g/mol. The Balaban J connectivity index is 1.94. The number of aliphatic hydroxyl groups excluding tert-OH is 1. The van der Waals surface area contributed by atoms with Crippen LogP contribution in [0.25, 0.3) is 10.1 Å². The van der Waals surface area contributed by atoms with Gasteiger partial charge in [0, 0.05) is 4.70 Å². The van der Waals surface area contributed by atoms with Crippen LogP contribution in [-0.2, 0) is 0 Å². The van der Waals surface area contributed by atoms with E-state index in [-0.39, 0.29) is 6.10 Å². The third kappa shape index (κ3) is 1.76. The van der Waals surface area contributed by atoms with Crippen LogP contribution < -0.4 is 0 Å². The van der Waals surface area contributed by atoms with E-state index in [1.54, 1.807) is 0 Å². The lowest BCUT2D eigenvalue weighted by Crippen LogP contribution is -2.16. The lowest BCUT2D eigenvalue weighted by atomic mass is 9.83. The molecular weight excluding hydrogens is 216 g/mol. The summed E-state index contributed by atoms with van der Waals surface area (Å²) in [5.74, 6) is 0.666. The smallest absolute Gasteiger partial charge is 0.0540 e. The predicted molar refractivity (Wildman–Crippen MR) is 69.0 cm³/mol. The van der Waals surface area contributed by atoms with Gasteiger partial charge in [-0.15, -0.1) is 11.3 Å². The molecule has 1 aliphatic rings. The largest absolute Gasteiger partial charge is 0.393 e. The van der Waals surface area contributed by atoms with Gasteiger partial charge in [-0.25, -0.2) is 0 Å². The average molecular weight is 232 g/mol. The summed E-state index contributed by atoms with van der Waals surface area (Å²) >= 11 is 1.85. The van der Waals surface area contributed by atoms with Crippen LogP contribution >= 0.6 is 11.3 Å². The number of hydrogen-bond donors (Lipinski definition) is 1. The Morgan fingerprint density at radius 3 is 2.62 bits per heavy atom. The molecule has 0 unspecified atom stereocenters. The molecule has 1 aromatic carbocycles. The first-order chi connectivity index (χ1) is 7.84. The summed E-state index contributed by atoms with van der Waals surface area (Å²) in [5.41, 5.74) is 1.51. The molecule has 0 spiro atoms. The summed E-state index contributed by atoms with van der Waals surface area (Å²) < 4.78 is 1.39. The van der Waals surface area contributed by atoms with Gasteiger partial charge in [0.2, 0.25) is 0 Å². The lowest BCUT2D eigenvalue weighted by Gasteiger charge is -2.25. The van der Waals surface area contributed by atoms with Crippen molar-refractivity contribution in [2.45, 2.75) is 37.7 Å². The number of aliphatic hydroxyl groups is 1. The van der Waals surface area contributed by atoms with Crippen LogP contribution in [0.2, 0.25) is 0 Å². The minimum absolute atomic E-state index is 0.0545. The molecule has 1 aromatic heterocycles. The minimum Gasteiger partial charge on any atom is -0.393 e. The zero-order valence-electron chi connectivity index (χ0n) is 9.23. The van der Waals surface area contributed by atoms with Gasteiger partial charge in [0.15, 0.2) is 0 Å². The van der Waals surface area contributed by atoms with Crippen LogP contribution in [0, 0.1) is 0 Å². The number of fused-ring (bicyclic) bond motifs is 1. The first kappa shape index (κ1) is 10.3. The molecule has 2 aromatic rings. The molecule has 84 valence electrons. The molecule has 1 heterocycles. The molecule has 0 radical (unpaired) electrons. The van der Waals surface area contributed by atoms with Crippen LogP contribution in [0.5, 0.6) is 0 Å². The molecule has 1 nitrogen and oxygen atoms in total. The number of benzene rings is 1. The van der Waals surface area contributed by atoms with E-state index in [0.29, 0.717) is 5.92 Å². The molecule has 0 saturated heterocycles. The molecule has 1 fully saturated rings. The molecule has 3 rings (SSSR count). The van der Waals surface area contributed by atoms with Crippen LogP contribution in [0.15, 0.2) is 29.6 Å². The fraction of sp³-hybridized carbons (Fsp3) is 0.429. The Morgan fingerprint density at radius 1 is 1.06 bits per heavy atom. The topological polar surface area (TPSA) is 20.2 Å². The van der Waals surface area contributed by atoms with Gasteiger partial charge in [-0.1, -0.05) is 18.2 Å². The van der Waals surface area contributed by atoms with E-state index < -0.39 is 0 Å². The number of hydrogen-bond acceptors (Lipinski definition) is 2. The molecular formula is C14H16OS. The Kier molecular flexibility index (Phi) is 2.70. The standard InChI is InChI=1S/C14H16OS/c15-11-7-5-10(6-8-11)13-9-16-14-4-2-1-3-12(13)14/h1-4,9-11,15H,5-8H2. The van der Waals surface area contributed by atoms with Gasteiger partial charge in [0.05, 0.1) is 6.10 Å². The molecule has 16 heavy (non-hydrogen) atoms. The van der Waals surface area contributed by atoms with Crippen molar-refractivity contribution in [2.24, 2.45) is 0 Å². The molecule has 1 saturated carbocycles. The molecule has 1 N–H and O–H groups in total. The summed E-state index contributed by atoms with van der Waals surface area (Å²) in [7, 11) is 0. The van der Waals surface area contributed by atoms with Gasteiger partial charge in [-0.2, -0.15) is 0 Å². The number of rotatable bonds is 1. The van der Waals surface area contributed by atoms with Gasteiger partial charge in [0.1, 0.15) is 0 Å². The first-order valence-corrected chi connectivity index (χ1v) is 6.87. The quantitative estimate of drug-likeness (QED) is 0.790. The van der Waals surface area contributed by atoms with Crippen LogP contribution in [-0.4, -0.2) is 11.2 Å². The molecule has 2 heteroatoms. The summed E-state index contributed by atoms with van der Waals surface area (Å²) in [6.07, 6.45) is 4.16. The SMILES string of the molecule is OC1CCC(c2csc3ccccc23)CC1. The van der Waals surface area contributed by atoms with Gasteiger partial charge >= 0.3 is 0 Å². The normalized spacial score (nSPS) is 26.1. The van der Waals surface area contributed by atoms with Crippen molar-refractivity contribution < 1.29 is 5.11 Å². The van der Waals surface area contributed by atoms with Crippen molar-refractivity contribution in [3.8, 4) is 0 Å². The van der Waals surface area contributed by atoms with Gasteiger partial charge in [-0.05, 0) is 54.0 Å². The van der Waals surface area contributed by atoms with Crippen molar-refractivity contribution in [3.63, 3.8) is 0 Å². The summed E-state index contributed by atoms with van der Waals surface area (Å²) in [6.45, 7) is 0. The highest BCUT2D eigenvalue weighted by atomic mass is 32.1. The minimum atomic E-state index is -0.0545. The molecule has 0 bridgehead atoms. The second kappa shape index (κ2) is 4.19. The Bertz CT molecular complexity index is 480. The average Bonchev–Trinajstić information content (AvgIpc) is 2.74. The molecule has 0 atom stereocenters. The van der Waals surface area contributed by atoms with Crippen LogP contribution in [0.1, 0.15) is 37.2 Å². The van der Waals surface area contributed by atoms with E-state index in [0.717, 1.165) is 25.7 Å². The maximum Gasteiger partial charge on any atom is 0.0540 e. The van der Waals surface area contributed by atoms with Gasteiger partial charge in [-0.3, -0.25) is 0 Å². The second-order valence-electron chi connectivity index (χ2n) is 4.69. The fourth-order valence-corrected chi connectivity index (χ4v) is 3.74. The van der Waals surface area contributed by atoms with E-state index in [1.165, 1.54) is 15.6 Å². The van der Waals surface area contributed by atoms with Crippen molar-refractivity contribution in [3.05, 3.63) is 35.2 Å². The first-order valence-electron chi connectivity index (χ1n) is 5.99. The maximum atomic E-state index is 9.54. The van der Waals surface area contributed by atoms with E-state index in [4.69, 9.17) is 0 Å². The third-order valence-corrected chi connectivity index (χ3v) is 4.63. The predicted octanol–water partition coefficient (Wildman–Crippen LogP) is 3.92. The van der Waals surface area contributed by atoms with Gasteiger partial charge in [0.25, 0.3) is 0 Å². The van der Waals surface area contributed by atoms with Crippen molar-refractivity contribution in [1.82, 2.24) is 0 Å². The van der Waals surface area contributed by atoms with E-state index >= 15 is 0 Å². The Hall–Kier alpha value is -0.860. The highest BCUT2D eigenvalue weighted by Gasteiger charge is 2.22. The Labute approximate surface area is 99.7 Å². The van der Waals surface area contributed by atoms with E-state index in [1.807, 2.05) is 11.3 Å². The maximum absolute atomic E-state index is 9.54. The van der Waals surface area contributed by atoms with Crippen molar-refractivity contribution in [1.29, 1.82) is 0 Å². The zero-order valence-corrected chi connectivity index (χ0v) is 10.0. The Morgan fingerprint density at radius 2 is 1.81 bits per heavy atom. The zero-order chi connectivity index (χ0) is 11.0. The van der Waals surface area contributed by atoms with E-state index in [9.17, 15) is 5.11 Å². The van der Waals surface area contributed by atoms with Crippen LogP contribution in [0.4, 0.5) is 0 Å².